The smallest absolute Gasteiger partial charge is 0.260 e. The molecular weight excluding hydrogens is 202 g/mol. The summed E-state index contributed by atoms with van der Waals surface area (Å²) in [5.41, 5.74) is 1.80. The number of hydrogen-bond donors (Lipinski definition) is 0. The van der Waals surface area contributed by atoms with E-state index in [-0.39, 0.29) is 23.7 Å². The Balaban J connectivity index is 2.20. The molecule has 0 aromatic heterocycles. The first-order valence-corrected chi connectivity index (χ1v) is 5.59. The molecule has 2 atom stereocenters. The molecule has 0 saturated carbocycles. The highest BCUT2D eigenvalue weighted by molar-refractivity contribution is 6.11. The highest BCUT2D eigenvalue weighted by Crippen LogP contribution is 2.41. The van der Waals surface area contributed by atoms with Crippen molar-refractivity contribution in [3.8, 4) is 0 Å². The largest absolute Gasteiger partial charge is 0.281 e. The van der Waals surface area contributed by atoms with Crippen LogP contribution in [0.4, 0.5) is 0 Å². The lowest BCUT2D eigenvalue weighted by Gasteiger charge is -2.37. The maximum atomic E-state index is 12.0. The predicted octanol–water partition coefficient (Wildman–Crippen LogP) is 1.43. The Morgan fingerprint density at radius 1 is 1.25 bits per heavy atom. The third kappa shape index (κ3) is 1.08. The summed E-state index contributed by atoms with van der Waals surface area (Å²) in [6.45, 7) is 0. The molecule has 0 N–H and O–H groups in total. The van der Waals surface area contributed by atoms with E-state index in [0.29, 0.717) is 0 Å². The number of imide groups is 1. The fraction of sp³-hybridized carbons (Fsp3) is 0.385. The molecule has 0 spiro atoms. The van der Waals surface area contributed by atoms with Gasteiger partial charge in [-0.25, -0.2) is 0 Å². The number of likely N-dealkylation sites (N-methyl/N-ethyl adjacent to an activating group) is 1. The molecule has 0 aromatic carbocycles. The van der Waals surface area contributed by atoms with Gasteiger partial charge in [-0.15, -0.1) is 0 Å². The average Bonchev–Trinajstić information content (AvgIpc) is 2.33. The van der Waals surface area contributed by atoms with Gasteiger partial charge in [-0.1, -0.05) is 24.3 Å². The van der Waals surface area contributed by atoms with Crippen LogP contribution in [-0.2, 0) is 9.59 Å². The molecule has 2 unspecified atom stereocenters. The van der Waals surface area contributed by atoms with E-state index >= 15 is 0 Å². The Bertz CT molecular complexity index is 470. The highest BCUT2D eigenvalue weighted by Gasteiger charge is 2.41. The van der Waals surface area contributed by atoms with Gasteiger partial charge in [0.25, 0.3) is 5.91 Å². The second-order valence-electron chi connectivity index (χ2n) is 4.53. The number of rotatable bonds is 0. The van der Waals surface area contributed by atoms with E-state index < -0.39 is 0 Å². The summed E-state index contributed by atoms with van der Waals surface area (Å²) in [7, 11) is 1.57. The third-order valence-corrected chi connectivity index (χ3v) is 3.66. The lowest BCUT2D eigenvalue weighted by molar-refractivity contribution is -0.144. The molecule has 0 fully saturated rings. The predicted molar refractivity (Wildman–Crippen MR) is 59.3 cm³/mol. The van der Waals surface area contributed by atoms with Crippen LogP contribution in [0.3, 0.4) is 0 Å². The lowest BCUT2D eigenvalue weighted by atomic mass is 9.72. The van der Waals surface area contributed by atoms with Crippen molar-refractivity contribution in [2.75, 3.05) is 7.05 Å². The van der Waals surface area contributed by atoms with Crippen molar-refractivity contribution in [3.05, 3.63) is 35.5 Å². The van der Waals surface area contributed by atoms with Gasteiger partial charge in [-0.05, 0) is 18.4 Å². The molecule has 0 radical (unpaired) electrons. The Labute approximate surface area is 94.1 Å². The SMILES string of the molecule is CN1C(=O)C2=C3C(C=CCC3C1=O)CC=C2. The third-order valence-electron chi connectivity index (χ3n) is 3.66. The number of hydrogen-bond acceptors (Lipinski definition) is 2. The van der Waals surface area contributed by atoms with E-state index in [4.69, 9.17) is 0 Å². The Kier molecular flexibility index (Phi) is 1.90. The molecule has 0 bridgehead atoms. The van der Waals surface area contributed by atoms with Crippen molar-refractivity contribution in [1.29, 1.82) is 0 Å². The minimum atomic E-state index is -0.146. The zero-order valence-corrected chi connectivity index (χ0v) is 9.14. The van der Waals surface area contributed by atoms with Crippen molar-refractivity contribution < 1.29 is 9.59 Å². The zero-order chi connectivity index (χ0) is 11.3. The number of nitrogens with zero attached hydrogens (tertiary/aromatic N) is 1. The fourth-order valence-corrected chi connectivity index (χ4v) is 2.83. The number of amides is 2. The van der Waals surface area contributed by atoms with E-state index in [1.54, 1.807) is 7.05 Å². The van der Waals surface area contributed by atoms with Crippen LogP contribution in [0.2, 0.25) is 0 Å². The van der Waals surface area contributed by atoms with Gasteiger partial charge >= 0.3 is 0 Å². The zero-order valence-electron chi connectivity index (χ0n) is 9.14. The summed E-state index contributed by atoms with van der Waals surface area (Å²) in [6, 6.07) is 0. The van der Waals surface area contributed by atoms with Crippen LogP contribution in [0, 0.1) is 11.8 Å². The van der Waals surface area contributed by atoms with Gasteiger partial charge < -0.3 is 0 Å². The summed E-state index contributed by atoms with van der Waals surface area (Å²) in [5, 5.41) is 0. The number of carbonyl (C=O) groups excluding carboxylic acids is 2. The molecule has 16 heavy (non-hydrogen) atoms. The first kappa shape index (κ1) is 9.58. The Hall–Kier alpha value is -1.64. The lowest BCUT2D eigenvalue weighted by Crippen LogP contribution is -2.46. The molecule has 82 valence electrons. The van der Waals surface area contributed by atoms with Crippen LogP contribution < -0.4 is 0 Å². The summed E-state index contributed by atoms with van der Waals surface area (Å²) in [5.74, 6) is -0.0288. The molecule has 3 rings (SSSR count). The molecule has 1 aliphatic heterocycles. The van der Waals surface area contributed by atoms with Crippen molar-refractivity contribution in [1.82, 2.24) is 4.90 Å². The quantitative estimate of drug-likeness (QED) is 0.453. The van der Waals surface area contributed by atoms with Crippen molar-refractivity contribution in [3.63, 3.8) is 0 Å². The average molecular weight is 215 g/mol. The molecule has 0 saturated heterocycles. The minimum absolute atomic E-state index is 0.0478. The Morgan fingerprint density at radius 3 is 2.88 bits per heavy atom. The fourth-order valence-electron chi connectivity index (χ4n) is 2.83. The van der Waals surface area contributed by atoms with Gasteiger partial charge in [-0.3, -0.25) is 14.5 Å². The summed E-state index contributed by atoms with van der Waals surface area (Å²) >= 11 is 0. The minimum Gasteiger partial charge on any atom is -0.281 e. The molecule has 3 aliphatic rings. The van der Waals surface area contributed by atoms with E-state index in [1.807, 2.05) is 12.2 Å². The molecule has 0 aromatic rings. The molecular formula is C13H13NO2. The van der Waals surface area contributed by atoms with E-state index in [9.17, 15) is 9.59 Å². The van der Waals surface area contributed by atoms with Crippen LogP contribution in [0.1, 0.15) is 12.8 Å². The molecule has 3 nitrogen and oxygen atoms in total. The van der Waals surface area contributed by atoms with Crippen molar-refractivity contribution >= 4 is 11.8 Å². The van der Waals surface area contributed by atoms with E-state index in [0.717, 1.165) is 24.0 Å². The van der Waals surface area contributed by atoms with Gasteiger partial charge in [0.05, 0.1) is 5.92 Å². The normalized spacial score (nSPS) is 32.2. The molecule has 2 aliphatic carbocycles. The van der Waals surface area contributed by atoms with Crippen molar-refractivity contribution in [2.45, 2.75) is 12.8 Å². The number of carbonyl (C=O) groups is 2. The molecule has 3 heteroatoms. The Morgan fingerprint density at radius 2 is 2.06 bits per heavy atom. The molecule has 2 amide bonds. The number of allylic oxidation sites excluding steroid dienone is 3. The first-order valence-electron chi connectivity index (χ1n) is 5.59. The summed E-state index contributed by atoms with van der Waals surface area (Å²) < 4.78 is 0. The van der Waals surface area contributed by atoms with E-state index in [1.165, 1.54) is 4.90 Å². The monoisotopic (exact) mass is 215 g/mol. The standard InChI is InChI=1S/C13H13NO2/c1-14-12(15)9-6-2-4-8-5-3-7-10(11(8)9)13(14)16/h2-4,7-9H,5-6H2,1H3. The van der Waals surface area contributed by atoms with E-state index in [2.05, 4.69) is 12.2 Å². The maximum Gasteiger partial charge on any atom is 0.260 e. The van der Waals surface area contributed by atoms with Gasteiger partial charge in [0.15, 0.2) is 0 Å². The molecule has 1 heterocycles. The first-order chi connectivity index (χ1) is 7.70. The van der Waals surface area contributed by atoms with Gasteiger partial charge in [-0.2, -0.15) is 0 Å². The second kappa shape index (κ2) is 3.17. The van der Waals surface area contributed by atoms with Gasteiger partial charge in [0.1, 0.15) is 0 Å². The summed E-state index contributed by atoms with van der Waals surface area (Å²) in [4.78, 5) is 25.2. The van der Waals surface area contributed by atoms with Crippen LogP contribution in [0.25, 0.3) is 0 Å². The van der Waals surface area contributed by atoms with Gasteiger partial charge in [0.2, 0.25) is 5.91 Å². The van der Waals surface area contributed by atoms with Gasteiger partial charge in [0, 0.05) is 18.5 Å². The second-order valence-corrected chi connectivity index (χ2v) is 4.53. The summed E-state index contributed by atoms with van der Waals surface area (Å²) in [6.07, 6.45) is 9.75. The van der Waals surface area contributed by atoms with Crippen LogP contribution in [0.15, 0.2) is 35.5 Å². The maximum absolute atomic E-state index is 12.0. The topological polar surface area (TPSA) is 37.4 Å². The van der Waals surface area contributed by atoms with Crippen LogP contribution in [-0.4, -0.2) is 23.8 Å². The van der Waals surface area contributed by atoms with Crippen LogP contribution in [0.5, 0.6) is 0 Å². The van der Waals surface area contributed by atoms with Crippen molar-refractivity contribution in [2.24, 2.45) is 11.8 Å². The van der Waals surface area contributed by atoms with Crippen LogP contribution >= 0.6 is 0 Å². The highest BCUT2D eigenvalue weighted by atomic mass is 16.2.